The molecule has 2 heterocycles. The van der Waals surface area contributed by atoms with Gasteiger partial charge in [-0.25, -0.2) is 9.97 Å². The number of benzene rings is 1. The van der Waals surface area contributed by atoms with Crippen LogP contribution >= 0.6 is 11.3 Å². The summed E-state index contributed by atoms with van der Waals surface area (Å²) in [7, 11) is 3.79. The lowest BCUT2D eigenvalue weighted by atomic mass is 10.0. The van der Waals surface area contributed by atoms with Gasteiger partial charge in [-0.1, -0.05) is 0 Å². The number of methoxy groups -OCH3 is 1. The Morgan fingerprint density at radius 3 is 2.52 bits per heavy atom. The standard InChI is InChI=1S/C21H27N3O2S/c1-12-9-19(25-7)13(2)8-17(12)20-23-18(16(5)26-20)10-24(6)15(4)21-22-14(3)11-27-21/h8-9,11,15H,10H2,1-7H3. The minimum Gasteiger partial charge on any atom is -0.496 e. The number of ether oxygens (including phenoxy) is 1. The lowest BCUT2D eigenvalue weighted by Crippen LogP contribution is -2.22. The van der Waals surface area contributed by atoms with E-state index in [1.54, 1.807) is 18.4 Å². The highest BCUT2D eigenvalue weighted by Crippen LogP contribution is 2.31. The first kappa shape index (κ1) is 19.6. The first-order chi connectivity index (χ1) is 12.8. The SMILES string of the molecule is COc1cc(C)c(-c2nc(CN(C)C(C)c3nc(C)cs3)c(C)o2)cc1C. The van der Waals surface area contributed by atoms with Gasteiger partial charge in [0.1, 0.15) is 16.5 Å². The van der Waals surface area contributed by atoms with Gasteiger partial charge < -0.3 is 9.15 Å². The van der Waals surface area contributed by atoms with E-state index in [0.29, 0.717) is 12.4 Å². The Labute approximate surface area is 165 Å². The minimum absolute atomic E-state index is 0.230. The number of hydrogen-bond acceptors (Lipinski definition) is 6. The lowest BCUT2D eigenvalue weighted by Gasteiger charge is -2.21. The monoisotopic (exact) mass is 385 g/mol. The lowest BCUT2D eigenvalue weighted by molar-refractivity contribution is 0.248. The summed E-state index contributed by atoms with van der Waals surface area (Å²) in [5.41, 5.74) is 5.19. The van der Waals surface area contributed by atoms with Gasteiger partial charge in [-0.05, 0) is 64.9 Å². The van der Waals surface area contributed by atoms with Gasteiger partial charge in [-0.15, -0.1) is 11.3 Å². The quantitative estimate of drug-likeness (QED) is 0.581. The van der Waals surface area contributed by atoms with Crippen molar-refractivity contribution in [2.24, 2.45) is 0 Å². The van der Waals surface area contributed by atoms with Gasteiger partial charge >= 0.3 is 0 Å². The highest BCUT2D eigenvalue weighted by atomic mass is 32.1. The molecule has 5 nitrogen and oxygen atoms in total. The molecule has 0 fully saturated rings. The normalized spacial score (nSPS) is 12.6. The fourth-order valence-electron chi connectivity index (χ4n) is 3.06. The first-order valence-corrected chi connectivity index (χ1v) is 9.92. The molecule has 2 aromatic heterocycles. The predicted octanol–water partition coefficient (Wildman–Crippen LogP) is 5.23. The number of oxazole rings is 1. The molecule has 1 atom stereocenters. The van der Waals surface area contributed by atoms with Crippen LogP contribution in [0.1, 0.15) is 46.2 Å². The summed E-state index contributed by atoms with van der Waals surface area (Å²) in [5, 5.41) is 3.21. The number of aromatic nitrogens is 2. The van der Waals surface area contributed by atoms with Crippen molar-refractivity contribution in [3.8, 4) is 17.2 Å². The van der Waals surface area contributed by atoms with Gasteiger partial charge in [0.15, 0.2) is 0 Å². The first-order valence-electron chi connectivity index (χ1n) is 9.04. The second kappa shape index (κ2) is 7.82. The van der Waals surface area contributed by atoms with Crippen LogP contribution in [0, 0.1) is 27.7 Å². The third kappa shape index (κ3) is 4.06. The molecule has 0 radical (unpaired) electrons. The van der Waals surface area contributed by atoms with Crippen LogP contribution in [0.4, 0.5) is 0 Å². The van der Waals surface area contributed by atoms with E-state index < -0.39 is 0 Å². The Kier molecular flexibility index (Phi) is 5.67. The van der Waals surface area contributed by atoms with Crippen LogP contribution < -0.4 is 4.74 Å². The maximum Gasteiger partial charge on any atom is 0.226 e. The topological polar surface area (TPSA) is 51.4 Å². The number of rotatable bonds is 6. The van der Waals surface area contributed by atoms with Gasteiger partial charge in [-0.3, -0.25) is 4.90 Å². The van der Waals surface area contributed by atoms with Crippen molar-refractivity contribution in [3.63, 3.8) is 0 Å². The summed E-state index contributed by atoms with van der Waals surface area (Å²) >= 11 is 1.70. The van der Waals surface area contributed by atoms with Crippen molar-refractivity contribution in [2.45, 2.75) is 47.2 Å². The highest BCUT2D eigenvalue weighted by molar-refractivity contribution is 7.09. The zero-order valence-corrected chi connectivity index (χ0v) is 17.9. The Morgan fingerprint density at radius 1 is 1.15 bits per heavy atom. The Morgan fingerprint density at radius 2 is 1.89 bits per heavy atom. The number of aryl methyl sites for hydroxylation is 4. The molecule has 0 amide bonds. The van der Waals surface area contributed by atoms with Gasteiger partial charge in [0, 0.05) is 23.2 Å². The molecule has 3 aromatic rings. The zero-order valence-electron chi connectivity index (χ0n) is 17.1. The van der Waals surface area contributed by atoms with E-state index in [2.05, 4.69) is 42.2 Å². The molecule has 0 saturated heterocycles. The van der Waals surface area contributed by atoms with E-state index >= 15 is 0 Å². The molecule has 0 aliphatic rings. The summed E-state index contributed by atoms with van der Waals surface area (Å²) in [6, 6.07) is 4.34. The molecule has 27 heavy (non-hydrogen) atoms. The summed E-state index contributed by atoms with van der Waals surface area (Å²) < 4.78 is 11.4. The van der Waals surface area contributed by atoms with Crippen LogP contribution in [-0.4, -0.2) is 29.0 Å². The smallest absolute Gasteiger partial charge is 0.226 e. The van der Waals surface area contributed by atoms with E-state index in [1.807, 2.05) is 26.8 Å². The predicted molar refractivity (Wildman–Crippen MR) is 109 cm³/mol. The molecule has 6 heteroatoms. The molecule has 1 unspecified atom stereocenters. The molecule has 0 aliphatic carbocycles. The Bertz CT molecular complexity index is 945. The molecule has 0 spiro atoms. The van der Waals surface area contributed by atoms with Crippen molar-refractivity contribution >= 4 is 11.3 Å². The van der Waals surface area contributed by atoms with Crippen LogP contribution in [0.5, 0.6) is 5.75 Å². The molecule has 144 valence electrons. The van der Waals surface area contributed by atoms with Crippen molar-refractivity contribution in [3.05, 3.63) is 50.8 Å². The van der Waals surface area contributed by atoms with E-state index in [9.17, 15) is 0 Å². The van der Waals surface area contributed by atoms with Crippen molar-refractivity contribution in [1.82, 2.24) is 14.9 Å². The van der Waals surface area contributed by atoms with Crippen molar-refractivity contribution < 1.29 is 9.15 Å². The van der Waals surface area contributed by atoms with E-state index in [4.69, 9.17) is 14.1 Å². The number of hydrogen-bond donors (Lipinski definition) is 0. The Hall–Kier alpha value is -2.18. The van der Waals surface area contributed by atoms with Crippen molar-refractivity contribution in [2.75, 3.05) is 14.2 Å². The number of thiazole rings is 1. The van der Waals surface area contributed by atoms with Crippen LogP contribution in [-0.2, 0) is 6.54 Å². The van der Waals surface area contributed by atoms with Gasteiger partial charge in [0.05, 0.1) is 18.8 Å². The molecule has 0 aliphatic heterocycles. The highest BCUT2D eigenvalue weighted by Gasteiger charge is 2.20. The summed E-state index contributed by atoms with van der Waals surface area (Å²) in [6.07, 6.45) is 0. The fourth-order valence-corrected chi connectivity index (χ4v) is 3.97. The molecular weight excluding hydrogens is 358 g/mol. The molecule has 0 saturated carbocycles. The van der Waals surface area contributed by atoms with E-state index in [-0.39, 0.29) is 6.04 Å². The zero-order chi connectivity index (χ0) is 19.7. The van der Waals surface area contributed by atoms with E-state index in [0.717, 1.165) is 44.6 Å². The van der Waals surface area contributed by atoms with Crippen LogP contribution in [0.25, 0.3) is 11.5 Å². The second-order valence-corrected chi connectivity index (χ2v) is 7.97. The van der Waals surface area contributed by atoms with Crippen LogP contribution in [0.2, 0.25) is 0 Å². The maximum absolute atomic E-state index is 6.01. The third-order valence-corrected chi connectivity index (χ3v) is 6.05. The molecule has 3 rings (SSSR count). The Balaban J connectivity index is 1.83. The largest absolute Gasteiger partial charge is 0.496 e. The fraction of sp³-hybridized carbons (Fsp3) is 0.429. The summed E-state index contributed by atoms with van der Waals surface area (Å²) in [4.78, 5) is 11.6. The summed E-state index contributed by atoms with van der Waals surface area (Å²) in [5.74, 6) is 2.40. The van der Waals surface area contributed by atoms with Gasteiger partial charge in [0.25, 0.3) is 0 Å². The molecule has 1 aromatic carbocycles. The average Bonchev–Trinajstić information content (AvgIpc) is 3.22. The minimum atomic E-state index is 0.230. The van der Waals surface area contributed by atoms with Gasteiger partial charge in [-0.2, -0.15) is 0 Å². The van der Waals surface area contributed by atoms with Crippen molar-refractivity contribution in [1.29, 1.82) is 0 Å². The second-order valence-electron chi connectivity index (χ2n) is 7.08. The number of nitrogens with zero attached hydrogens (tertiary/aromatic N) is 3. The molecule has 0 N–H and O–H groups in total. The van der Waals surface area contributed by atoms with E-state index in [1.165, 1.54) is 0 Å². The van der Waals surface area contributed by atoms with Crippen LogP contribution in [0.15, 0.2) is 21.9 Å². The molecular formula is C21H27N3O2S. The van der Waals surface area contributed by atoms with Gasteiger partial charge in [0.2, 0.25) is 5.89 Å². The molecule has 0 bridgehead atoms. The average molecular weight is 386 g/mol. The third-order valence-electron chi connectivity index (χ3n) is 4.92. The maximum atomic E-state index is 6.01. The van der Waals surface area contributed by atoms with Crippen LogP contribution in [0.3, 0.4) is 0 Å². The summed E-state index contributed by atoms with van der Waals surface area (Å²) in [6.45, 7) is 11.0.